The molecule has 0 radical (unpaired) electrons. The molecule has 2 nitrogen and oxygen atoms in total. The van der Waals surface area contributed by atoms with Gasteiger partial charge < -0.3 is 9.80 Å². The Labute approximate surface area is 286 Å². The molecule has 6 aliphatic rings. The van der Waals surface area contributed by atoms with Crippen LogP contribution in [0.15, 0.2) is 30.3 Å². The Kier molecular flexibility index (Phi) is 12.6. The molecule has 5 aliphatic carbocycles. The van der Waals surface area contributed by atoms with Crippen molar-refractivity contribution in [2.24, 2.45) is 46.3 Å². The first kappa shape index (κ1) is 35.9. The summed E-state index contributed by atoms with van der Waals surface area (Å²) < 4.78 is 1.92. The zero-order chi connectivity index (χ0) is 31.6. The molecule has 1 aliphatic heterocycles. The zero-order valence-electron chi connectivity index (χ0n) is 28.5. The summed E-state index contributed by atoms with van der Waals surface area (Å²) in [6.07, 6.45) is 16.1. The maximum absolute atomic E-state index is 5.67. The van der Waals surface area contributed by atoms with Gasteiger partial charge >= 0.3 is 73.4 Å². The van der Waals surface area contributed by atoms with E-state index in [1.807, 2.05) is 34.9 Å². The van der Waals surface area contributed by atoms with Crippen molar-refractivity contribution in [3.8, 4) is 0 Å². The third-order valence-corrected chi connectivity index (χ3v) is 16.2. The van der Waals surface area contributed by atoms with Crippen LogP contribution in [0.25, 0.3) is 0 Å². The molecule has 6 fully saturated rings. The van der Waals surface area contributed by atoms with Crippen LogP contribution in [0.4, 0.5) is 0 Å². The quantitative estimate of drug-likeness (QED) is 0.173. The second-order valence-electron chi connectivity index (χ2n) is 16.4. The van der Waals surface area contributed by atoms with E-state index in [9.17, 15) is 0 Å². The van der Waals surface area contributed by atoms with Gasteiger partial charge in [-0.3, -0.25) is 0 Å². The van der Waals surface area contributed by atoms with Crippen LogP contribution in [-0.2, 0) is 13.5 Å². The molecule has 1 heterocycles. The van der Waals surface area contributed by atoms with E-state index in [2.05, 4.69) is 67.3 Å². The molecule has 5 saturated carbocycles. The zero-order valence-corrected chi connectivity index (χ0v) is 32.9. The fraction of sp³-hybridized carbons (Fsp3) is 0.789. The summed E-state index contributed by atoms with van der Waals surface area (Å²) in [5, 5.41) is 0. The second-order valence-corrected chi connectivity index (χ2v) is 23.1. The summed E-state index contributed by atoms with van der Waals surface area (Å²) in [5.41, 5.74) is 3.23. The molecule has 7 rings (SSSR count). The summed E-state index contributed by atoms with van der Waals surface area (Å²) in [6.45, 7) is 20.5. The van der Waals surface area contributed by atoms with Crippen molar-refractivity contribution < 1.29 is 13.5 Å². The molecule has 44 heavy (non-hydrogen) atoms. The van der Waals surface area contributed by atoms with Gasteiger partial charge in [0.25, 0.3) is 0 Å². The average molecular weight is 750 g/mol. The number of fused-ring (bicyclic) bond motifs is 4. The van der Waals surface area contributed by atoms with Crippen molar-refractivity contribution in [2.45, 2.75) is 130 Å². The Morgan fingerprint density at radius 3 is 1.64 bits per heavy atom. The first-order valence-electron chi connectivity index (χ1n) is 17.9. The SMILES string of the molecule is C[C@@H]1[C@H](N2[CH-]N([C@H]3C[C@H]4CCC([C@@H]3C)C4(C)C)CC2)CC2CC[C@@H]1C2(C)C.PC1CCCCC1.[Cl][Ru]([Cl])=[CH]c1ccccc1. The molecule has 6 heteroatoms. The fourth-order valence-corrected chi connectivity index (χ4v) is 13.1. The minimum absolute atomic E-state index is 0.581. The van der Waals surface area contributed by atoms with Gasteiger partial charge in [-0.1, -0.05) is 60.8 Å². The van der Waals surface area contributed by atoms with Gasteiger partial charge in [-0.2, -0.15) is 0 Å². The van der Waals surface area contributed by atoms with Gasteiger partial charge in [0.1, 0.15) is 0 Å². The topological polar surface area (TPSA) is 6.48 Å². The van der Waals surface area contributed by atoms with Crippen molar-refractivity contribution in [1.82, 2.24) is 9.80 Å². The molecule has 1 aromatic rings. The molecule has 9 atom stereocenters. The van der Waals surface area contributed by atoms with Gasteiger partial charge in [0.05, 0.1) is 0 Å². The fourth-order valence-electron chi connectivity index (χ4n) is 10.8. The molecule has 252 valence electrons. The van der Waals surface area contributed by atoms with Crippen molar-refractivity contribution >= 4 is 33.2 Å². The normalized spacial score (nSPS) is 38.2. The molecule has 0 N–H and O–H groups in total. The number of benzene rings is 1. The summed E-state index contributed by atoms with van der Waals surface area (Å²) in [4.78, 5) is 5.58. The third kappa shape index (κ3) is 8.08. The number of rotatable bonds is 3. The van der Waals surface area contributed by atoms with E-state index in [0.29, 0.717) is 10.8 Å². The van der Waals surface area contributed by atoms with E-state index in [4.69, 9.17) is 19.4 Å². The Hall–Kier alpha value is 0.643. The van der Waals surface area contributed by atoms with Gasteiger partial charge in [-0.25, -0.2) is 6.67 Å². The molecular formula is C38H62Cl2N2PRu-. The Balaban J connectivity index is 0.000000185. The van der Waals surface area contributed by atoms with Crippen molar-refractivity contribution in [2.75, 3.05) is 13.1 Å². The van der Waals surface area contributed by atoms with Crippen molar-refractivity contribution in [3.63, 3.8) is 0 Å². The molecule has 1 aromatic carbocycles. The van der Waals surface area contributed by atoms with Crippen LogP contribution in [0.2, 0.25) is 0 Å². The van der Waals surface area contributed by atoms with Gasteiger partial charge in [-0.15, -0.1) is 9.24 Å². The third-order valence-electron chi connectivity index (χ3n) is 13.6. The number of hydrogen-bond donors (Lipinski definition) is 0. The van der Waals surface area contributed by atoms with Gasteiger partial charge in [-0.05, 0) is 129 Å². The van der Waals surface area contributed by atoms with E-state index >= 15 is 0 Å². The van der Waals surface area contributed by atoms with E-state index in [1.54, 1.807) is 0 Å². The minimum atomic E-state index is -1.61. The van der Waals surface area contributed by atoms with Crippen LogP contribution in [0.5, 0.6) is 0 Å². The molecule has 1 saturated heterocycles. The Morgan fingerprint density at radius 1 is 0.750 bits per heavy atom. The van der Waals surface area contributed by atoms with Gasteiger partial charge in [0, 0.05) is 0 Å². The molecule has 0 amide bonds. The second kappa shape index (κ2) is 15.5. The van der Waals surface area contributed by atoms with Crippen LogP contribution >= 0.6 is 28.6 Å². The Bertz CT molecular complexity index is 1040. The molecule has 3 unspecified atom stereocenters. The van der Waals surface area contributed by atoms with E-state index in [0.717, 1.165) is 58.8 Å². The van der Waals surface area contributed by atoms with Crippen LogP contribution in [0, 0.1) is 53.0 Å². The first-order chi connectivity index (χ1) is 20.9. The molecule has 0 spiro atoms. The van der Waals surface area contributed by atoms with Crippen LogP contribution in [0.3, 0.4) is 0 Å². The van der Waals surface area contributed by atoms with Crippen LogP contribution < -0.4 is 0 Å². The molecule has 4 bridgehead atoms. The first-order valence-corrected chi connectivity index (χ1v) is 24.0. The number of hydrogen-bond acceptors (Lipinski definition) is 2. The molecule has 0 aromatic heterocycles. The van der Waals surface area contributed by atoms with E-state index in [1.165, 1.54) is 83.7 Å². The summed E-state index contributed by atoms with van der Waals surface area (Å²) in [7, 11) is 14.2. The van der Waals surface area contributed by atoms with Crippen LogP contribution in [0.1, 0.15) is 118 Å². The summed E-state index contributed by atoms with van der Waals surface area (Å²) in [6, 6.07) is 11.5. The maximum atomic E-state index is 5.67. The summed E-state index contributed by atoms with van der Waals surface area (Å²) >= 11 is -1.61. The standard InChI is InChI=1S/C25H43N2.C7H6.C6H13P.2ClH.Ru/c1-16-20-9-7-18(24(20,3)4)13-22(16)26-11-12-27(15-26)23-14-19-8-10-21(17(23)2)25(19,5)6;1-7-5-3-2-4-6-7;7-6-4-2-1-3-5-6;;;/h15-23H,7-14H2,1-6H3;1-6H;6H,1-5,7H2;2*1H;/q-1;;;;;+2/p-2/t16-,17-,18+,19?,20?,21-,22-,23+;;;;;/m0...../s1. The Morgan fingerprint density at radius 2 is 1.23 bits per heavy atom. The predicted molar refractivity (Wildman–Crippen MR) is 193 cm³/mol. The average Bonchev–Trinajstić information content (AvgIpc) is 3.56. The van der Waals surface area contributed by atoms with E-state index in [-0.39, 0.29) is 0 Å². The summed E-state index contributed by atoms with van der Waals surface area (Å²) in [5.74, 6) is 5.50. The monoisotopic (exact) mass is 749 g/mol. The number of nitrogens with zero attached hydrogens (tertiary/aromatic N) is 2. The van der Waals surface area contributed by atoms with Crippen LogP contribution in [-0.4, -0.2) is 45.2 Å². The number of halogens is 2. The van der Waals surface area contributed by atoms with Gasteiger partial charge in [0.15, 0.2) is 0 Å². The molecular weight excluding hydrogens is 687 g/mol. The van der Waals surface area contributed by atoms with E-state index < -0.39 is 13.5 Å². The van der Waals surface area contributed by atoms with Crippen molar-refractivity contribution in [3.05, 3.63) is 42.6 Å². The van der Waals surface area contributed by atoms with Crippen molar-refractivity contribution in [1.29, 1.82) is 0 Å². The predicted octanol–water partition coefficient (Wildman–Crippen LogP) is 10.6. The van der Waals surface area contributed by atoms with Gasteiger partial charge in [0.2, 0.25) is 0 Å².